The highest BCUT2D eigenvalue weighted by molar-refractivity contribution is 5.94. The molecule has 0 aliphatic carbocycles. The van der Waals surface area contributed by atoms with Crippen LogP contribution in [0, 0.1) is 11.6 Å². The molecule has 0 spiro atoms. The number of benzene rings is 2. The highest BCUT2D eigenvalue weighted by atomic mass is 19.1. The minimum atomic E-state index is -0.283. The maximum absolute atomic E-state index is 14.0. The molecule has 0 radical (unpaired) electrons. The Kier molecular flexibility index (Phi) is 6.66. The fourth-order valence-corrected chi connectivity index (χ4v) is 4.49. The first-order chi connectivity index (χ1) is 17.0. The number of carbonyl (C=O) groups is 1. The minimum Gasteiger partial charge on any atom is -0.445 e. The lowest BCUT2D eigenvalue weighted by Crippen LogP contribution is -2.39. The molecule has 0 unspecified atom stereocenters. The monoisotopic (exact) mass is 473 g/mol. The van der Waals surface area contributed by atoms with Crippen LogP contribution in [0.25, 0.3) is 0 Å². The van der Waals surface area contributed by atoms with Crippen LogP contribution >= 0.6 is 0 Å². The lowest BCUT2D eigenvalue weighted by atomic mass is 9.97. The van der Waals surface area contributed by atoms with Gasteiger partial charge in [-0.05, 0) is 54.3 Å². The van der Waals surface area contributed by atoms with E-state index in [-0.39, 0.29) is 23.5 Å². The molecule has 35 heavy (non-hydrogen) atoms. The maximum atomic E-state index is 14.0. The van der Waals surface area contributed by atoms with Gasteiger partial charge in [-0.25, -0.2) is 13.8 Å². The molecule has 5 rings (SSSR count). The number of piperidine rings is 1. The molecule has 178 valence electrons. The third kappa shape index (κ3) is 5.45. The van der Waals surface area contributed by atoms with Crippen molar-refractivity contribution in [2.75, 3.05) is 13.1 Å². The molecule has 0 bridgehead atoms. The SMILES string of the molecule is O=C(c1ccnc(Cc2ccccc2F)c1)N1CCC[C@H](c2ncc(Cc3ccc(F)cc3)o2)C1. The van der Waals surface area contributed by atoms with Gasteiger partial charge in [0.25, 0.3) is 5.91 Å². The molecule has 7 heteroatoms. The van der Waals surface area contributed by atoms with Gasteiger partial charge in [0.1, 0.15) is 17.4 Å². The van der Waals surface area contributed by atoms with Crippen molar-refractivity contribution in [3.05, 3.63) is 119 Å². The highest BCUT2D eigenvalue weighted by Gasteiger charge is 2.28. The van der Waals surface area contributed by atoms with Crippen molar-refractivity contribution in [1.29, 1.82) is 0 Å². The second-order valence-corrected chi connectivity index (χ2v) is 8.86. The Labute approximate surface area is 202 Å². The number of halogens is 2. The Hall–Kier alpha value is -3.87. The molecule has 3 heterocycles. The third-order valence-corrected chi connectivity index (χ3v) is 6.31. The van der Waals surface area contributed by atoms with Crippen LogP contribution in [-0.2, 0) is 12.8 Å². The van der Waals surface area contributed by atoms with Crippen molar-refractivity contribution in [3.63, 3.8) is 0 Å². The number of oxazole rings is 1. The summed E-state index contributed by atoms with van der Waals surface area (Å²) >= 11 is 0. The Balaban J connectivity index is 1.25. The van der Waals surface area contributed by atoms with Crippen LogP contribution in [0.15, 0.2) is 77.5 Å². The number of pyridine rings is 1. The highest BCUT2D eigenvalue weighted by Crippen LogP contribution is 2.28. The zero-order valence-electron chi connectivity index (χ0n) is 19.2. The molecule has 1 saturated heterocycles. The van der Waals surface area contributed by atoms with E-state index in [1.807, 2.05) is 4.90 Å². The van der Waals surface area contributed by atoms with Crippen LogP contribution in [-0.4, -0.2) is 33.9 Å². The summed E-state index contributed by atoms with van der Waals surface area (Å²) in [5.41, 5.74) is 2.67. The van der Waals surface area contributed by atoms with Gasteiger partial charge in [-0.15, -0.1) is 0 Å². The third-order valence-electron chi connectivity index (χ3n) is 6.31. The molecular weight excluding hydrogens is 448 g/mol. The predicted octanol–water partition coefficient (Wildman–Crippen LogP) is 5.55. The predicted molar refractivity (Wildman–Crippen MR) is 127 cm³/mol. The summed E-state index contributed by atoms with van der Waals surface area (Å²) in [5, 5.41) is 0. The van der Waals surface area contributed by atoms with E-state index in [1.54, 1.807) is 54.9 Å². The van der Waals surface area contributed by atoms with E-state index in [4.69, 9.17) is 4.42 Å². The fraction of sp³-hybridized carbons (Fsp3) is 0.250. The maximum Gasteiger partial charge on any atom is 0.253 e. The van der Waals surface area contributed by atoms with Gasteiger partial charge in [-0.3, -0.25) is 9.78 Å². The molecule has 2 aromatic carbocycles. The summed E-state index contributed by atoms with van der Waals surface area (Å²) in [6, 6.07) is 16.3. The number of aromatic nitrogens is 2. The first-order valence-electron chi connectivity index (χ1n) is 11.7. The van der Waals surface area contributed by atoms with Crippen molar-refractivity contribution in [2.45, 2.75) is 31.6 Å². The first-order valence-corrected chi connectivity index (χ1v) is 11.7. The molecule has 1 amide bonds. The van der Waals surface area contributed by atoms with E-state index in [9.17, 15) is 13.6 Å². The van der Waals surface area contributed by atoms with E-state index in [2.05, 4.69) is 9.97 Å². The summed E-state index contributed by atoms with van der Waals surface area (Å²) in [7, 11) is 0. The van der Waals surface area contributed by atoms with Gasteiger partial charge in [0.05, 0.1) is 12.1 Å². The van der Waals surface area contributed by atoms with Crippen molar-refractivity contribution in [2.24, 2.45) is 0 Å². The number of rotatable bonds is 6. The summed E-state index contributed by atoms with van der Waals surface area (Å²) in [5.74, 6) is 0.707. The van der Waals surface area contributed by atoms with Crippen molar-refractivity contribution >= 4 is 5.91 Å². The quantitative estimate of drug-likeness (QED) is 0.369. The van der Waals surface area contributed by atoms with Crippen LogP contribution in [0.1, 0.15) is 57.6 Å². The number of carbonyl (C=O) groups excluding carboxylic acids is 1. The van der Waals surface area contributed by atoms with Crippen molar-refractivity contribution < 1.29 is 18.0 Å². The smallest absolute Gasteiger partial charge is 0.253 e. The molecule has 1 aliphatic heterocycles. The Morgan fingerprint density at radius 1 is 1.03 bits per heavy atom. The van der Waals surface area contributed by atoms with Gasteiger partial charge in [0.15, 0.2) is 5.89 Å². The lowest BCUT2D eigenvalue weighted by molar-refractivity contribution is 0.0697. The Morgan fingerprint density at radius 3 is 2.69 bits per heavy atom. The zero-order chi connectivity index (χ0) is 24.2. The average Bonchev–Trinajstić information content (AvgIpc) is 3.35. The summed E-state index contributed by atoms with van der Waals surface area (Å²) in [6.07, 6.45) is 5.89. The van der Waals surface area contributed by atoms with Gasteiger partial charge >= 0.3 is 0 Å². The van der Waals surface area contributed by atoms with Gasteiger partial charge in [0, 0.05) is 43.4 Å². The topological polar surface area (TPSA) is 59.2 Å². The van der Waals surface area contributed by atoms with Crippen molar-refractivity contribution in [3.8, 4) is 0 Å². The first kappa shape index (κ1) is 22.9. The number of amides is 1. The summed E-state index contributed by atoms with van der Waals surface area (Å²) < 4.78 is 33.2. The van der Waals surface area contributed by atoms with Crippen LogP contribution in [0.5, 0.6) is 0 Å². The van der Waals surface area contributed by atoms with Gasteiger partial charge < -0.3 is 9.32 Å². The second kappa shape index (κ2) is 10.2. The van der Waals surface area contributed by atoms with Gasteiger partial charge in [-0.2, -0.15) is 0 Å². The van der Waals surface area contributed by atoms with E-state index in [0.29, 0.717) is 54.4 Å². The molecule has 4 aromatic rings. The number of hydrogen-bond acceptors (Lipinski definition) is 4. The molecule has 5 nitrogen and oxygen atoms in total. The summed E-state index contributed by atoms with van der Waals surface area (Å²) in [4.78, 5) is 23.9. The molecular formula is C28H25F2N3O2. The fourth-order valence-electron chi connectivity index (χ4n) is 4.49. The lowest BCUT2D eigenvalue weighted by Gasteiger charge is -2.31. The molecule has 0 N–H and O–H groups in total. The van der Waals surface area contributed by atoms with E-state index in [0.717, 1.165) is 18.4 Å². The van der Waals surface area contributed by atoms with Crippen LogP contribution in [0.4, 0.5) is 8.78 Å². The second-order valence-electron chi connectivity index (χ2n) is 8.86. The molecule has 2 aromatic heterocycles. The van der Waals surface area contributed by atoms with Crippen LogP contribution in [0.2, 0.25) is 0 Å². The summed E-state index contributed by atoms with van der Waals surface area (Å²) in [6.45, 7) is 1.17. The van der Waals surface area contributed by atoms with Gasteiger partial charge in [-0.1, -0.05) is 30.3 Å². The van der Waals surface area contributed by atoms with Crippen LogP contribution < -0.4 is 0 Å². The normalized spacial score (nSPS) is 15.8. The Bertz CT molecular complexity index is 1320. The zero-order valence-corrected chi connectivity index (χ0v) is 19.2. The van der Waals surface area contributed by atoms with Crippen molar-refractivity contribution in [1.82, 2.24) is 14.9 Å². The number of likely N-dealkylation sites (tertiary alicyclic amines) is 1. The molecule has 0 saturated carbocycles. The number of hydrogen-bond donors (Lipinski definition) is 0. The molecule has 1 atom stereocenters. The molecule has 1 fully saturated rings. The molecule has 1 aliphatic rings. The average molecular weight is 474 g/mol. The number of nitrogens with zero attached hydrogens (tertiary/aromatic N) is 3. The van der Waals surface area contributed by atoms with E-state index >= 15 is 0 Å². The van der Waals surface area contributed by atoms with Crippen LogP contribution in [0.3, 0.4) is 0 Å². The minimum absolute atomic E-state index is 0.00869. The standard InChI is InChI=1S/C28H25F2N3O2/c29-23-9-7-19(8-10-23)14-25-17-32-27(35-25)22-5-3-13-33(18-22)28(34)21-11-12-31-24(16-21)15-20-4-1-2-6-26(20)30/h1-2,4,6-12,16-17,22H,3,5,13-15,18H2/t22-/m0/s1. The van der Waals surface area contributed by atoms with E-state index < -0.39 is 0 Å². The largest absolute Gasteiger partial charge is 0.445 e. The Morgan fingerprint density at radius 2 is 1.86 bits per heavy atom. The van der Waals surface area contributed by atoms with Gasteiger partial charge in [0.2, 0.25) is 0 Å². The van der Waals surface area contributed by atoms with E-state index in [1.165, 1.54) is 18.2 Å².